The molecule has 1 aliphatic rings. The minimum absolute atomic E-state index is 0.0290. The van der Waals surface area contributed by atoms with Gasteiger partial charge in [0.2, 0.25) is 9.84 Å². The standard InChI is InChI=1S/C23H19NO4S/c1-16-12-14-17(15-13-16)20-22(29(27,28)19-10-6-3-7-11-19)21(25)23(26)24(20)18-8-4-2-5-9-18/h2-15,20,25H,1H3. The minimum Gasteiger partial charge on any atom is -0.502 e. The molecule has 4 rings (SSSR count). The summed E-state index contributed by atoms with van der Waals surface area (Å²) in [5, 5.41) is 10.7. The second kappa shape index (κ2) is 7.22. The monoisotopic (exact) mass is 405 g/mol. The van der Waals surface area contributed by atoms with Crippen LogP contribution in [-0.4, -0.2) is 19.4 Å². The zero-order chi connectivity index (χ0) is 20.6. The molecular formula is C23H19NO4S. The summed E-state index contributed by atoms with van der Waals surface area (Å²) in [7, 11) is -4.10. The second-order valence-electron chi connectivity index (χ2n) is 6.85. The van der Waals surface area contributed by atoms with Crippen LogP contribution in [0.4, 0.5) is 5.69 Å². The first-order valence-corrected chi connectivity index (χ1v) is 10.6. The van der Waals surface area contributed by atoms with Crippen molar-refractivity contribution in [2.24, 2.45) is 0 Å². The average Bonchev–Trinajstić information content (AvgIpc) is 3.01. The fourth-order valence-electron chi connectivity index (χ4n) is 3.49. The predicted molar refractivity (Wildman–Crippen MR) is 111 cm³/mol. The van der Waals surface area contributed by atoms with Crippen LogP contribution in [0.5, 0.6) is 0 Å². The van der Waals surface area contributed by atoms with Crippen LogP contribution in [-0.2, 0) is 14.6 Å². The average molecular weight is 405 g/mol. The van der Waals surface area contributed by atoms with Crippen LogP contribution in [0.2, 0.25) is 0 Å². The number of hydrogen-bond donors (Lipinski definition) is 1. The van der Waals surface area contributed by atoms with Gasteiger partial charge < -0.3 is 5.11 Å². The number of hydrogen-bond acceptors (Lipinski definition) is 4. The number of carbonyl (C=O) groups excluding carboxylic acids is 1. The van der Waals surface area contributed by atoms with Gasteiger partial charge in [0.1, 0.15) is 10.9 Å². The summed E-state index contributed by atoms with van der Waals surface area (Å²) in [6.07, 6.45) is 0. The molecule has 3 aromatic rings. The van der Waals surface area contributed by atoms with Gasteiger partial charge in [-0.2, -0.15) is 0 Å². The van der Waals surface area contributed by atoms with Gasteiger partial charge in [-0.1, -0.05) is 66.2 Å². The molecule has 146 valence electrons. The van der Waals surface area contributed by atoms with Crippen LogP contribution < -0.4 is 4.90 Å². The molecule has 3 aromatic carbocycles. The quantitative estimate of drug-likeness (QED) is 0.701. The molecule has 0 bridgehead atoms. The van der Waals surface area contributed by atoms with Gasteiger partial charge in [-0.3, -0.25) is 9.69 Å². The van der Waals surface area contributed by atoms with Gasteiger partial charge in [0.15, 0.2) is 5.76 Å². The number of aryl methyl sites for hydroxylation is 1. The van der Waals surface area contributed by atoms with Crippen molar-refractivity contribution in [3.63, 3.8) is 0 Å². The van der Waals surface area contributed by atoms with Crippen molar-refractivity contribution in [2.45, 2.75) is 17.9 Å². The van der Waals surface area contributed by atoms with Crippen LogP contribution in [0.25, 0.3) is 0 Å². The molecule has 5 nitrogen and oxygen atoms in total. The third-order valence-corrected chi connectivity index (χ3v) is 6.82. The number of amides is 1. The second-order valence-corrected chi connectivity index (χ2v) is 8.77. The van der Waals surface area contributed by atoms with E-state index in [-0.39, 0.29) is 9.80 Å². The van der Waals surface area contributed by atoms with Gasteiger partial charge in [0, 0.05) is 5.69 Å². The van der Waals surface area contributed by atoms with E-state index in [1.165, 1.54) is 17.0 Å². The molecule has 6 heteroatoms. The highest BCUT2D eigenvalue weighted by Crippen LogP contribution is 2.44. The maximum atomic E-state index is 13.4. The number of carbonyl (C=O) groups is 1. The van der Waals surface area contributed by atoms with Crippen LogP contribution in [0, 0.1) is 6.92 Å². The molecule has 1 atom stereocenters. The largest absolute Gasteiger partial charge is 0.502 e. The lowest BCUT2D eigenvalue weighted by Gasteiger charge is -2.27. The number of nitrogens with zero attached hydrogens (tertiary/aromatic N) is 1. The van der Waals surface area contributed by atoms with Crippen molar-refractivity contribution in [1.29, 1.82) is 0 Å². The first-order chi connectivity index (χ1) is 13.9. The Morgan fingerprint density at radius 2 is 1.38 bits per heavy atom. The van der Waals surface area contributed by atoms with Gasteiger partial charge in [-0.25, -0.2) is 8.42 Å². The maximum absolute atomic E-state index is 13.4. The van der Waals surface area contributed by atoms with Crippen LogP contribution in [0.1, 0.15) is 17.2 Å². The number of aliphatic hydroxyl groups excluding tert-OH is 1. The van der Waals surface area contributed by atoms with Gasteiger partial charge >= 0.3 is 0 Å². The number of sulfone groups is 1. The van der Waals surface area contributed by atoms with Gasteiger partial charge in [-0.05, 0) is 36.8 Å². The van der Waals surface area contributed by atoms with Crippen LogP contribution >= 0.6 is 0 Å². The molecule has 1 aliphatic heterocycles. The maximum Gasteiger partial charge on any atom is 0.295 e. The molecule has 1 N–H and O–H groups in total. The van der Waals surface area contributed by atoms with E-state index in [0.29, 0.717) is 11.3 Å². The van der Waals surface area contributed by atoms with Crippen LogP contribution in [0.15, 0.2) is 100 Å². The Morgan fingerprint density at radius 1 is 0.828 bits per heavy atom. The van der Waals surface area contributed by atoms with E-state index in [2.05, 4.69) is 0 Å². The van der Waals surface area contributed by atoms with E-state index in [0.717, 1.165) is 5.56 Å². The number of anilines is 1. The summed E-state index contributed by atoms with van der Waals surface area (Å²) in [6, 6.07) is 22.9. The Morgan fingerprint density at radius 3 is 1.97 bits per heavy atom. The highest BCUT2D eigenvalue weighted by Gasteiger charge is 2.47. The van der Waals surface area contributed by atoms with E-state index < -0.39 is 27.5 Å². The van der Waals surface area contributed by atoms with Crippen molar-refractivity contribution in [3.8, 4) is 0 Å². The van der Waals surface area contributed by atoms with E-state index in [4.69, 9.17) is 0 Å². The third kappa shape index (κ3) is 3.21. The lowest BCUT2D eigenvalue weighted by molar-refractivity contribution is -0.117. The summed E-state index contributed by atoms with van der Waals surface area (Å²) in [5.74, 6) is -1.49. The Hall–Kier alpha value is -3.38. The molecule has 0 aliphatic carbocycles. The normalized spacial score (nSPS) is 17.1. The zero-order valence-corrected chi connectivity index (χ0v) is 16.5. The molecule has 0 radical (unpaired) electrons. The zero-order valence-electron chi connectivity index (χ0n) is 15.7. The van der Waals surface area contributed by atoms with E-state index in [1.54, 1.807) is 60.7 Å². The summed E-state index contributed by atoms with van der Waals surface area (Å²) in [5.41, 5.74) is 2.12. The molecule has 29 heavy (non-hydrogen) atoms. The predicted octanol–water partition coefficient (Wildman–Crippen LogP) is 4.33. The topological polar surface area (TPSA) is 74.7 Å². The Kier molecular flexibility index (Phi) is 4.72. The number of rotatable bonds is 4. The van der Waals surface area contributed by atoms with Crippen molar-refractivity contribution in [2.75, 3.05) is 4.90 Å². The lowest BCUT2D eigenvalue weighted by atomic mass is 10.0. The van der Waals surface area contributed by atoms with Crippen LogP contribution in [0.3, 0.4) is 0 Å². The van der Waals surface area contributed by atoms with Crippen molar-refractivity contribution in [1.82, 2.24) is 0 Å². The molecule has 0 fully saturated rings. The summed E-state index contributed by atoms with van der Waals surface area (Å²) < 4.78 is 26.8. The molecule has 1 heterocycles. The minimum atomic E-state index is -4.10. The highest BCUT2D eigenvalue weighted by atomic mass is 32.2. The van der Waals surface area contributed by atoms with Crippen molar-refractivity contribution in [3.05, 3.63) is 107 Å². The molecule has 0 saturated heterocycles. The van der Waals surface area contributed by atoms with Crippen molar-refractivity contribution >= 4 is 21.4 Å². The van der Waals surface area contributed by atoms with Gasteiger partial charge in [-0.15, -0.1) is 0 Å². The molecule has 1 amide bonds. The number of para-hydroxylation sites is 1. The SMILES string of the molecule is Cc1ccc(C2C(S(=O)(=O)c3ccccc3)=C(O)C(=O)N2c2ccccc2)cc1. The Labute approximate surface area is 169 Å². The molecule has 0 aromatic heterocycles. The molecule has 0 saturated carbocycles. The summed E-state index contributed by atoms with van der Waals surface area (Å²) in [4.78, 5) is 14.1. The van der Waals surface area contributed by atoms with Gasteiger partial charge in [0.05, 0.1) is 4.90 Å². The summed E-state index contributed by atoms with van der Waals surface area (Å²) >= 11 is 0. The number of aliphatic hydroxyl groups is 1. The fraction of sp³-hybridized carbons (Fsp3) is 0.0870. The Bertz CT molecular complexity index is 1180. The van der Waals surface area contributed by atoms with Crippen molar-refractivity contribution < 1.29 is 18.3 Å². The van der Waals surface area contributed by atoms with Gasteiger partial charge in [0.25, 0.3) is 5.91 Å². The fourth-order valence-corrected chi connectivity index (χ4v) is 5.14. The Balaban J connectivity index is 1.95. The smallest absolute Gasteiger partial charge is 0.295 e. The number of benzene rings is 3. The third-order valence-electron chi connectivity index (χ3n) is 4.93. The first kappa shape index (κ1) is 19.0. The van der Waals surface area contributed by atoms with E-state index >= 15 is 0 Å². The molecular weight excluding hydrogens is 386 g/mol. The molecule has 0 spiro atoms. The highest BCUT2D eigenvalue weighted by molar-refractivity contribution is 7.95. The van der Waals surface area contributed by atoms with E-state index in [1.807, 2.05) is 19.1 Å². The van der Waals surface area contributed by atoms with E-state index in [9.17, 15) is 18.3 Å². The molecule has 1 unspecified atom stereocenters. The first-order valence-electron chi connectivity index (χ1n) is 9.09. The lowest BCUT2D eigenvalue weighted by Crippen LogP contribution is -2.31. The summed E-state index contributed by atoms with van der Waals surface area (Å²) in [6.45, 7) is 1.92.